The molecule has 20 heavy (non-hydrogen) atoms. The van der Waals surface area contributed by atoms with Crippen LogP contribution in [0.5, 0.6) is 0 Å². The first-order chi connectivity index (χ1) is 9.44. The van der Waals surface area contributed by atoms with Crippen LogP contribution in [0.2, 0.25) is 0 Å². The van der Waals surface area contributed by atoms with Gasteiger partial charge in [0.2, 0.25) is 5.79 Å². The Balaban J connectivity index is 2.22. The van der Waals surface area contributed by atoms with Crippen LogP contribution in [-0.4, -0.2) is 29.8 Å². The minimum atomic E-state index is -0.961. The summed E-state index contributed by atoms with van der Waals surface area (Å²) >= 11 is 6.29. The fourth-order valence-electron chi connectivity index (χ4n) is 2.50. The second kappa shape index (κ2) is 6.44. The maximum atomic E-state index is 9.52. The molecule has 1 N–H and O–H groups in total. The van der Waals surface area contributed by atoms with E-state index in [0.29, 0.717) is 5.92 Å². The van der Waals surface area contributed by atoms with Crippen molar-refractivity contribution in [2.24, 2.45) is 5.92 Å². The molecule has 0 aliphatic carbocycles. The molecule has 1 fully saturated rings. The van der Waals surface area contributed by atoms with Crippen LogP contribution in [0.4, 0.5) is 0 Å². The number of halogens is 1. The lowest BCUT2D eigenvalue weighted by atomic mass is 9.97. The molecule has 1 atom stereocenters. The molecule has 1 aliphatic heterocycles. The van der Waals surface area contributed by atoms with Gasteiger partial charge in [-0.2, -0.15) is 0 Å². The van der Waals surface area contributed by atoms with Crippen molar-refractivity contribution in [3.8, 4) is 0 Å². The van der Waals surface area contributed by atoms with Gasteiger partial charge in [0, 0.05) is 5.56 Å². The summed E-state index contributed by atoms with van der Waals surface area (Å²) in [5.74, 6) is -0.337. The van der Waals surface area contributed by atoms with E-state index < -0.39 is 11.9 Å². The van der Waals surface area contributed by atoms with E-state index in [-0.39, 0.29) is 18.6 Å². The number of benzene rings is 1. The first-order valence-electron chi connectivity index (χ1n) is 7.13. The molecule has 112 valence electrons. The molecular formula is C16H23ClO3. The third-order valence-corrected chi connectivity index (χ3v) is 3.79. The molecule has 4 heteroatoms. The van der Waals surface area contributed by atoms with Crippen LogP contribution >= 0.6 is 11.6 Å². The van der Waals surface area contributed by atoms with E-state index in [1.54, 1.807) is 0 Å². The van der Waals surface area contributed by atoms with Crippen molar-refractivity contribution in [2.75, 3.05) is 13.2 Å². The molecule has 0 aromatic heterocycles. The van der Waals surface area contributed by atoms with Gasteiger partial charge in [0.1, 0.15) is 6.10 Å². The molecule has 1 aliphatic rings. The summed E-state index contributed by atoms with van der Waals surface area (Å²) in [4.78, 5) is 0. The number of rotatable bonds is 4. The number of ether oxygens (including phenoxy) is 2. The number of alkyl halides is 1. The van der Waals surface area contributed by atoms with Gasteiger partial charge in [-0.05, 0) is 24.8 Å². The fraction of sp³-hybridized carbons (Fsp3) is 0.625. The average molecular weight is 299 g/mol. The average Bonchev–Trinajstić information content (AvgIpc) is 2.40. The van der Waals surface area contributed by atoms with E-state index in [4.69, 9.17) is 21.1 Å². The van der Waals surface area contributed by atoms with Gasteiger partial charge in [0.05, 0.1) is 18.6 Å². The summed E-state index contributed by atoms with van der Waals surface area (Å²) in [6.45, 7) is 6.73. The normalized spacial score (nSPS) is 28.6. The fourth-order valence-corrected chi connectivity index (χ4v) is 2.75. The van der Waals surface area contributed by atoms with Gasteiger partial charge in [-0.3, -0.25) is 0 Å². The number of aliphatic hydroxyl groups excluding tert-OH is 1. The highest BCUT2D eigenvalue weighted by Crippen LogP contribution is 2.37. The van der Waals surface area contributed by atoms with E-state index >= 15 is 0 Å². The molecule has 1 aromatic rings. The lowest BCUT2D eigenvalue weighted by molar-refractivity contribution is -0.300. The Kier molecular flexibility index (Phi) is 5.08. The van der Waals surface area contributed by atoms with Gasteiger partial charge in [-0.15, -0.1) is 11.6 Å². The Hall–Kier alpha value is -0.610. The van der Waals surface area contributed by atoms with Crippen LogP contribution in [0.15, 0.2) is 24.3 Å². The molecular weight excluding hydrogens is 276 g/mol. The molecule has 0 amide bonds. The van der Waals surface area contributed by atoms with Crippen LogP contribution < -0.4 is 0 Å². The summed E-state index contributed by atoms with van der Waals surface area (Å²) in [5.41, 5.74) is 2.19. The third kappa shape index (κ3) is 3.34. The van der Waals surface area contributed by atoms with E-state index in [1.807, 2.05) is 19.1 Å². The third-order valence-electron chi connectivity index (χ3n) is 3.50. The van der Waals surface area contributed by atoms with Gasteiger partial charge in [-0.1, -0.05) is 38.1 Å². The lowest BCUT2D eigenvalue weighted by Crippen LogP contribution is -2.48. The Bertz CT molecular complexity index is 420. The molecule has 0 bridgehead atoms. The SMILES string of the molecule is CC(C)Cc1ccc(C2(C(C)Cl)OCC(O)CO2)cc1. The van der Waals surface area contributed by atoms with Gasteiger partial charge in [0.25, 0.3) is 0 Å². The van der Waals surface area contributed by atoms with E-state index in [9.17, 15) is 5.11 Å². The summed E-state index contributed by atoms with van der Waals surface area (Å²) in [6.07, 6.45) is 0.461. The smallest absolute Gasteiger partial charge is 0.211 e. The number of aliphatic hydroxyl groups is 1. The highest BCUT2D eigenvalue weighted by molar-refractivity contribution is 6.21. The first kappa shape index (κ1) is 15.8. The van der Waals surface area contributed by atoms with Gasteiger partial charge in [-0.25, -0.2) is 0 Å². The molecule has 1 saturated heterocycles. The van der Waals surface area contributed by atoms with Crippen molar-refractivity contribution in [1.29, 1.82) is 0 Å². The van der Waals surface area contributed by atoms with E-state index in [2.05, 4.69) is 26.0 Å². The standard InChI is InChI=1S/C16H23ClO3/c1-11(2)8-13-4-6-14(7-5-13)16(12(3)17)19-9-15(18)10-20-16/h4-7,11-12,15,18H,8-10H2,1-3H3. The van der Waals surface area contributed by atoms with Crippen molar-refractivity contribution >= 4 is 11.6 Å². The van der Waals surface area contributed by atoms with Gasteiger partial charge < -0.3 is 14.6 Å². The second-order valence-corrected chi connectivity index (χ2v) is 6.51. The predicted octanol–water partition coefficient (Wildman–Crippen LogP) is 3.07. The van der Waals surface area contributed by atoms with Crippen LogP contribution in [0.3, 0.4) is 0 Å². The van der Waals surface area contributed by atoms with Gasteiger partial charge in [0.15, 0.2) is 0 Å². The van der Waals surface area contributed by atoms with E-state index in [1.165, 1.54) is 5.56 Å². The minimum Gasteiger partial charge on any atom is -0.388 e. The summed E-state index contributed by atoms with van der Waals surface area (Å²) in [5, 5.41) is 9.18. The van der Waals surface area contributed by atoms with Crippen LogP contribution in [0, 0.1) is 5.92 Å². The number of hydrogen-bond acceptors (Lipinski definition) is 3. The molecule has 1 aromatic carbocycles. The van der Waals surface area contributed by atoms with Crippen molar-refractivity contribution in [3.05, 3.63) is 35.4 Å². The molecule has 0 spiro atoms. The Morgan fingerprint density at radius 1 is 1.20 bits per heavy atom. The zero-order valence-corrected chi connectivity index (χ0v) is 13.1. The maximum absolute atomic E-state index is 9.52. The van der Waals surface area contributed by atoms with Crippen molar-refractivity contribution in [3.63, 3.8) is 0 Å². The molecule has 0 radical (unpaired) electrons. The predicted molar refractivity (Wildman–Crippen MR) is 79.9 cm³/mol. The monoisotopic (exact) mass is 298 g/mol. The second-order valence-electron chi connectivity index (χ2n) is 5.85. The quantitative estimate of drug-likeness (QED) is 0.868. The van der Waals surface area contributed by atoms with E-state index in [0.717, 1.165) is 12.0 Å². The molecule has 3 nitrogen and oxygen atoms in total. The molecule has 1 unspecified atom stereocenters. The zero-order chi connectivity index (χ0) is 14.8. The van der Waals surface area contributed by atoms with Crippen LogP contribution in [0.1, 0.15) is 31.9 Å². The first-order valence-corrected chi connectivity index (χ1v) is 7.57. The van der Waals surface area contributed by atoms with Crippen LogP contribution in [-0.2, 0) is 21.7 Å². The summed E-state index contributed by atoms with van der Waals surface area (Å²) in [7, 11) is 0. The molecule has 2 rings (SSSR count). The van der Waals surface area contributed by atoms with Gasteiger partial charge >= 0.3 is 0 Å². The minimum absolute atomic E-state index is 0.241. The number of hydrogen-bond donors (Lipinski definition) is 1. The van der Waals surface area contributed by atoms with Crippen LogP contribution in [0.25, 0.3) is 0 Å². The lowest BCUT2D eigenvalue weighted by Gasteiger charge is -2.41. The Morgan fingerprint density at radius 2 is 1.75 bits per heavy atom. The highest BCUT2D eigenvalue weighted by atomic mass is 35.5. The molecule has 1 heterocycles. The molecule has 0 saturated carbocycles. The largest absolute Gasteiger partial charge is 0.388 e. The summed E-state index contributed by atoms with van der Waals surface area (Å²) < 4.78 is 11.5. The maximum Gasteiger partial charge on any atom is 0.211 e. The van der Waals surface area contributed by atoms with Crippen molar-refractivity contribution in [1.82, 2.24) is 0 Å². The Labute approximate surface area is 125 Å². The topological polar surface area (TPSA) is 38.7 Å². The Morgan fingerprint density at radius 3 is 2.20 bits per heavy atom. The highest BCUT2D eigenvalue weighted by Gasteiger charge is 2.43. The summed E-state index contributed by atoms with van der Waals surface area (Å²) in [6, 6.07) is 8.20. The van der Waals surface area contributed by atoms with Crippen molar-refractivity contribution < 1.29 is 14.6 Å². The zero-order valence-electron chi connectivity index (χ0n) is 12.3. The van der Waals surface area contributed by atoms with Crippen molar-refractivity contribution in [2.45, 2.75) is 44.5 Å².